The number of para-hydroxylation sites is 1. The lowest BCUT2D eigenvalue weighted by Gasteiger charge is -2.33. The average molecular weight is 378 g/mol. The minimum absolute atomic E-state index is 0.357. The van der Waals surface area contributed by atoms with Crippen molar-refractivity contribution in [3.8, 4) is 0 Å². The number of hydrogen-bond donors (Lipinski definition) is 2. The third kappa shape index (κ3) is 2.14. The van der Waals surface area contributed by atoms with Crippen LogP contribution in [0.15, 0.2) is 22.7 Å². The number of hydroxylamine groups is 2. The fourth-order valence-electron chi connectivity index (χ4n) is 3.21. The van der Waals surface area contributed by atoms with Gasteiger partial charge in [0.15, 0.2) is 0 Å². The Morgan fingerprint density at radius 1 is 1.26 bits per heavy atom. The molecule has 1 aliphatic rings. The second kappa shape index (κ2) is 4.90. The standard InChI is InChI=1S/C16H18BrN4O2/c1-15(2)10(12(17)16(3,4)21(15)23)14-19-9-7-5-6-8(13(18)22)11(9)20-14/h5-7H,1-4H3,(H2,18,22)(H,19,20). The molecule has 2 heterocycles. The van der Waals surface area contributed by atoms with E-state index < -0.39 is 17.0 Å². The number of nitrogens with one attached hydrogen (secondary N) is 1. The number of benzene rings is 1. The number of nitrogens with zero attached hydrogens (tertiary/aromatic N) is 2. The number of carbonyl (C=O) groups is 1. The van der Waals surface area contributed by atoms with E-state index in [0.717, 1.165) is 15.1 Å². The van der Waals surface area contributed by atoms with Gasteiger partial charge in [-0.3, -0.25) is 4.79 Å². The van der Waals surface area contributed by atoms with Crippen LogP contribution in [0.3, 0.4) is 0 Å². The molecule has 7 heteroatoms. The van der Waals surface area contributed by atoms with E-state index in [1.54, 1.807) is 12.1 Å². The van der Waals surface area contributed by atoms with E-state index in [9.17, 15) is 10.0 Å². The number of hydrogen-bond acceptors (Lipinski definition) is 3. The molecule has 23 heavy (non-hydrogen) atoms. The molecule has 1 amide bonds. The Hall–Kier alpha value is -1.70. The summed E-state index contributed by atoms with van der Waals surface area (Å²) in [5.41, 5.74) is 6.33. The molecule has 6 nitrogen and oxygen atoms in total. The van der Waals surface area contributed by atoms with Gasteiger partial charge < -0.3 is 10.7 Å². The number of H-pyrrole nitrogens is 1. The van der Waals surface area contributed by atoms with E-state index >= 15 is 0 Å². The van der Waals surface area contributed by atoms with Crippen LogP contribution in [0, 0.1) is 0 Å². The SMILES string of the molecule is CC1(C)C(Br)=C(c2nc3c(C(N)=O)cccc3[nH]2)C(C)(C)N1[O]. The Morgan fingerprint density at radius 3 is 2.43 bits per heavy atom. The molecule has 3 N–H and O–H groups in total. The maximum Gasteiger partial charge on any atom is 0.250 e. The van der Waals surface area contributed by atoms with Crippen LogP contribution in [-0.2, 0) is 5.21 Å². The van der Waals surface area contributed by atoms with Crippen LogP contribution in [0.2, 0.25) is 0 Å². The zero-order chi connectivity index (χ0) is 17.2. The topological polar surface area (TPSA) is 94.9 Å². The summed E-state index contributed by atoms with van der Waals surface area (Å²) in [6.07, 6.45) is 0. The van der Waals surface area contributed by atoms with Gasteiger partial charge in [-0.1, -0.05) is 22.0 Å². The van der Waals surface area contributed by atoms with Crippen molar-refractivity contribution in [1.29, 1.82) is 0 Å². The summed E-state index contributed by atoms with van der Waals surface area (Å²) in [6.45, 7) is 7.42. The van der Waals surface area contributed by atoms with Crippen molar-refractivity contribution in [3.63, 3.8) is 0 Å². The fraction of sp³-hybridized carbons (Fsp3) is 0.375. The van der Waals surface area contributed by atoms with Crippen LogP contribution in [0.1, 0.15) is 43.9 Å². The van der Waals surface area contributed by atoms with Crippen molar-refractivity contribution in [3.05, 3.63) is 34.1 Å². The van der Waals surface area contributed by atoms with Gasteiger partial charge in [-0.25, -0.2) is 4.98 Å². The Kier molecular flexibility index (Phi) is 3.44. The zero-order valence-electron chi connectivity index (χ0n) is 13.4. The molecule has 121 valence electrons. The predicted octanol–water partition coefficient (Wildman–Crippen LogP) is 2.99. The zero-order valence-corrected chi connectivity index (χ0v) is 15.0. The van der Waals surface area contributed by atoms with Crippen molar-refractivity contribution in [2.45, 2.75) is 38.8 Å². The van der Waals surface area contributed by atoms with Gasteiger partial charge in [0.05, 0.1) is 22.2 Å². The minimum Gasteiger partial charge on any atom is -0.366 e. The molecule has 1 radical (unpaired) electrons. The second-order valence-corrected chi connectivity index (χ2v) is 7.55. The van der Waals surface area contributed by atoms with Gasteiger partial charge in [-0.2, -0.15) is 0 Å². The first-order chi connectivity index (χ1) is 10.6. The van der Waals surface area contributed by atoms with Crippen LogP contribution in [0.5, 0.6) is 0 Å². The average Bonchev–Trinajstić information content (AvgIpc) is 2.92. The van der Waals surface area contributed by atoms with E-state index in [1.165, 1.54) is 0 Å². The first-order valence-corrected chi connectivity index (χ1v) is 8.05. The number of aromatic amines is 1. The van der Waals surface area contributed by atoms with Crippen molar-refractivity contribution in [1.82, 2.24) is 15.0 Å². The van der Waals surface area contributed by atoms with Gasteiger partial charge in [0.2, 0.25) is 0 Å². The number of aromatic nitrogens is 2. The van der Waals surface area contributed by atoms with E-state index in [-0.39, 0.29) is 0 Å². The molecule has 1 aromatic carbocycles. The summed E-state index contributed by atoms with van der Waals surface area (Å²) in [7, 11) is 0. The predicted molar refractivity (Wildman–Crippen MR) is 91.1 cm³/mol. The summed E-state index contributed by atoms with van der Waals surface area (Å²) in [5.74, 6) is 0.0372. The summed E-state index contributed by atoms with van der Waals surface area (Å²) < 4.78 is 0.782. The van der Waals surface area contributed by atoms with Gasteiger partial charge in [-0.05, 0) is 39.8 Å². The second-order valence-electron chi connectivity index (χ2n) is 6.75. The highest BCUT2D eigenvalue weighted by Crippen LogP contribution is 2.50. The van der Waals surface area contributed by atoms with Crippen molar-refractivity contribution in [2.75, 3.05) is 0 Å². The van der Waals surface area contributed by atoms with E-state index in [0.29, 0.717) is 22.4 Å². The number of carbonyl (C=O) groups excluding carboxylic acids is 1. The molecular formula is C16H18BrN4O2. The molecule has 0 bridgehead atoms. The van der Waals surface area contributed by atoms with Gasteiger partial charge in [0, 0.05) is 10.1 Å². The molecule has 0 spiro atoms. The van der Waals surface area contributed by atoms with Crippen molar-refractivity contribution >= 4 is 38.4 Å². The molecular weight excluding hydrogens is 360 g/mol. The monoisotopic (exact) mass is 377 g/mol. The molecule has 0 saturated heterocycles. The number of amides is 1. The molecule has 0 atom stereocenters. The summed E-state index contributed by atoms with van der Waals surface area (Å²) in [5, 5.41) is 13.7. The van der Waals surface area contributed by atoms with E-state index in [1.807, 2.05) is 33.8 Å². The highest BCUT2D eigenvalue weighted by atomic mass is 79.9. The number of primary amides is 1. The molecule has 3 rings (SSSR count). The molecule has 0 aliphatic carbocycles. The molecule has 0 saturated carbocycles. The summed E-state index contributed by atoms with van der Waals surface area (Å²) in [6, 6.07) is 5.22. The summed E-state index contributed by atoms with van der Waals surface area (Å²) in [4.78, 5) is 19.3. The lowest BCUT2D eigenvalue weighted by molar-refractivity contribution is -0.235. The molecule has 2 aromatic rings. The number of nitrogens with two attached hydrogens (primary N) is 1. The van der Waals surface area contributed by atoms with E-state index in [2.05, 4.69) is 25.9 Å². The number of imidazole rings is 1. The first kappa shape index (κ1) is 16.2. The Balaban J connectivity index is 2.27. The summed E-state index contributed by atoms with van der Waals surface area (Å²) >= 11 is 3.57. The smallest absolute Gasteiger partial charge is 0.250 e. The van der Waals surface area contributed by atoms with Crippen LogP contribution in [0.25, 0.3) is 16.6 Å². The van der Waals surface area contributed by atoms with Crippen LogP contribution >= 0.6 is 15.9 Å². The Labute approximate surface area is 142 Å². The maximum absolute atomic E-state index is 12.7. The third-order valence-corrected chi connectivity index (χ3v) is 5.77. The van der Waals surface area contributed by atoms with Crippen LogP contribution in [0.4, 0.5) is 0 Å². The van der Waals surface area contributed by atoms with Gasteiger partial charge in [-0.15, -0.1) is 10.3 Å². The van der Waals surface area contributed by atoms with Gasteiger partial charge in [0.1, 0.15) is 11.3 Å². The Morgan fingerprint density at radius 2 is 1.91 bits per heavy atom. The first-order valence-electron chi connectivity index (χ1n) is 7.25. The molecule has 0 fully saturated rings. The Bertz CT molecular complexity index is 851. The number of fused-ring (bicyclic) bond motifs is 1. The largest absolute Gasteiger partial charge is 0.366 e. The minimum atomic E-state index is -0.761. The highest BCUT2D eigenvalue weighted by Gasteiger charge is 2.52. The van der Waals surface area contributed by atoms with Crippen molar-refractivity contribution in [2.24, 2.45) is 5.73 Å². The quantitative estimate of drug-likeness (QED) is 0.841. The normalized spacial score (nSPS) is 20.4. The lowest BCUT2D eigenvalue weighted by Crippen LogP contribution is -2.47. The molecule has 1 aromatic heterocycles. The van der Waals surface area contributed by atoms with E-state index in [4.69, 9.17) is 5.73 Å². The molecule has 1 aliphatic heterocycles. The highest BCUT2D eigenvalue weighted by molar-refractivity contribution is 9.12. The molecule has 0 unspecified atom stereocenters. The van der Waals surface area contributed by atoms with Crippen LogP contribution < -0.4 is 5.73 Å². The van der Waals surface area contributed by atoms with Gasteiger partial charge in [0.25, 0.3) is 5.91 Å². The lowest BCUT2D eigenvalue weighted by atomic mass is 9.96. The number of rotatable bonds is 2. The van der Waals surface area contributed by atoms with Crippen LogP contribution in [-0.4, -0.2) is 32.0 Å². The number of halogens is 1. The van der Waals surface area contributed by atoms with Gasteiger partial charge >= 0.3 is 0 Å². The van der Waals surface area contributed by atoms with Crippen molar-refractivity contribution < 1.29 is 10.0 Å². The fourth-order valence-corrected chi connectivity index (χ4v) is 4.04. The maximum atomic E-state index is 12.7. The third-order valence-electron chi connectivity index (χ3n) is 4.40.